The highest BCUT2D eigenvalue weighted by molar-refractivity contribution is 4.63. The van der Waals surface area contributed by atoms with Crippen LogP contribution >= 0.6 is 0 Å². The van der Waals surface area contributed by atoms with Gasteiger partial charge in [0.05, 0.1) is 0 Å². The van der Waals surface area contributed by atoms with E-state index in [1.54, 1.807) is 7.11 Å². The molecule has 3 heteroatoms. The summed E-state index contributed by atoms with van der Waals surface area (Å²) in [6, 6.07) is 0.473. The highest BCUT2D eigenvalue weighted by Crippen LogP contribution is 2.11. The topological polar surface area (TPSA) is 47.3 Å². The molecular weight excluding hydrogens is 212 g/mol. The molecule has 0 heterocycles. The Bertz CT molecular complexity index is 142. The second kappa shape index (κ2) is 13.9. The number of nitrogens with one attached hydrogen (secondary N) is 1. The number of hydrazine groups is 1. The molecule has 0 saturated carbocycles. The summed E-state index contributed by atoms with van der Waals surface area (Å²) in [6.45, 7) is 3.10. The maximum Gasteiger partial charge on any atom is 0.0462 e. The Morgan fingerprint density at radius 3 is 2.12 bits per heavy atom. The van der Waals surface area contributed by atoms with E-state index < -0.39 is 0 Å². The molecule has 0 amide bonds. The summed E-state index contributed by atoms with van der Waals surface area (Å²) in [5.41, 5.74) is 2.92. The van der Waals surface area contributed by atoms with Gasteiger partial charge in [0.1, 0.15) is 0 Å². The van der Waals surface area contributed by atoms with Crippen molar-refractivity contribution in [1.29, 1.82) is 0 Å². The predicted molar refractivity (Wildman–Crippen MR) is 74.8 cm³/mol. The smallest absolute Gasteiger partial charge is 0.0462 e. The van der Waals surface area contributed by atoms with Crippen molar-refractivity contribution in [2.75, 3.05) is 13.7 Å². The van der Waals surface area contributed by atoms with E-state index in [0.29, 0.717) is 6.04 Å². The lowest BCUT2D eigenvalue weighted by atomic mass is 10.0. The molecule has 0 bridgehead atoms. The predicted octanol–water partition coefficient (Wildman–Crippen LogP) is 3.39. The van der Waals surface area contributed by atoms with Gasteiger partial charge in [0, 0.05) is 19.8 Å². The maximum atomic E-state index is 5.54. The van der Waals surface area contributed by atoms with Crippen LogP contribution in [0.25, 0.3) is 0 Å². The Balaban J connectivity index is 3.25. The van der Waals surface area contributed by atoms with Crippen LogP contribution in [0.3, 0.4) is 0 Å². The number of ether oxygens (including phenoxy) is 1. The summed E-state index contributed by atoms with van der Waals surface area (Å²) in [5.74, 6) is 5.54. The van der Waals surface area contributed by atoms with Crippen molar-refractivity contribution in [3.05, 3.63) is 0 Å². The van der Waals surface area contributed by atoms with Crippen LogP contribution in [-0.2, 0) is 4.74 Å². The summed E-state index contributed by atoms with van der Waals surface area (Å²) in [7, 11) is 1.75. The molecule has 0 aliphatic heterocycles. The van der Waals surface area contributed by atoms with Crippen molar-refractivity contribution < 1.29 is 4.74 Å². The normalized spacial score (nSPS) is 12.9. The molecule has 1 atom stereocenters. The van der Waals surface area contributed by atoms with Gasteiger partial charge in [-0.15, -0.1) is 0 Å². The third-order valence-electron chi connectivity index (χ3n) is 3.29. The largest absolute Gasteiger partial charge is 0.385 e. The molecule has 3 N–H and O–H groups in total. The highest BCUT2D eigenvalue weighted by atomic mass is 16.5. The molecule has 17 heavy (non-hydrogen) atoms. The number of nitrogens with two attached hydrogens (primary N) is 1. The van der Waals surface area contributed by atoms with E-state index in [0.717, 1.165) is 19.4 Å². The van der Waals surface area contributed by atoms with Crippen molar-refractivity contribution in [2.45, 2.75) is 77.2 Å². The van der Waals surface area contributed by atoms with Gasteiger partial charge < -0.3 is 4.74 Å². The monoisotopic (exact) mass is 244 g/mol. The van der Waals surface area contributed by atoms with Crippen LogP contribution in [-0.4, -0.2) is 19.8 Å². The molecule has 3 nitrogen and oxygen atoms in total. The van der Waals surface area contributed by atoms with E-state index in [4.69, 9.17) is 10.6 Å². The molecule has 0 aliphatic carbocycles. The third kappa shape index (κ3) is 12.1. The molecule has 0 rings (SSSR count). The zero-order chi connectivity index (χ0) is 12.8. The molecule has 0 aliphatic rings. The summed E-state index contributed by atoms with van der Waals surface area (Å²) in [4.78, 5) is 0. The first-order valence-electron chi connectivity index (χ1n) is 7.30. The van der Waals surface area contributed by atoms with Gasteiger partial charge in [-0.1, -0.05) is 51.9 Å². The molecule has 0 fully saturated rings. The molecule has 0 spiro atoms. The minimum atomic E-state index is 0.473. The van der Waals surface area contributed by atoms with Crippen molar-refractivity contribution in [3.63, 3.8) is 0 Å². The fourth-order valence-corrected chi connectivity index (χ4v) is 2.13. The van der Waals surface area contributed by atoms with Crippen LogP contribution in [0.1, 0.15) is 71.1 Å². The fourth-order valence-electron chi connectivity index (χ4n) is 2.13. The van der Waals surface area contributed by atoms with Gasteiger partial charge in [0.2, 0.25) is 0 Å². The van der Waals surface area contributed by atoms with Gasteiger partial charge in [0.15, 0.2) is 0 Å². The van der Waals surface area contributed by atoms with Crippen LogP contribution in [0, 0.1) is 0 Å². The van der Waals surface area contributed by atoms with E-state index in [1.807, 2.05) is 0 Å². The molecule has 0 aromatic rings. The van der Waals surface area contributed by atoms with Crippen LogP contribution in [0.2, 0.25) is 0 Å². The summed E-state index contributed by atoms with van der Waals surface area (Å²) in [6.07, 6.45) is 13.0. The Morgan fingerprint density at radius 2 is 1.53 bits per heavy atom. The third-order valence-corrected chi connectivity index (χ3v) is 3.29. The lowest BCUT2D eigenvalue weighted by Gasteiger charge is -2.15. The molecular formula is C14H32N2O. The van der Waals surface area contributed by atoms with E-state index in [2.05, 4.69) is 12.3 Å². The average Bonchev–Trinajstić information content (AvgIpc) is 2.35. The van der Waals surface area contributed by atoms with E-state index in [-0.39, 0.29) is 0 Å². The van der Waals surface area contributed by atoms with Gasteiger partial charge in [0.25, 0.3) is 0 Å². The average molecular weight is 244 g/mol. The van der Waals surface area contributed by atoms with E-state index >= 15 is 0 Å². The molecule has 0 radical (unpaired) electrons. The quantitative estimate of drug-likeness (QED) is 0.296. The summed E-state index contributed by atoms with van der Waals surface area (Å²) < 4.78 is 5.05. The molecule has 104 valence electrons. The van der Waals surface area contributed by atoms with E-state index in [1.165, 1.54) is 51.4 Å². The van der Waals surface area contributed by atoms with Crippen LogP contribution in [0.4, 0.5) is 0 Å². The van der Waals surface area contributed by atoms with Gasteiger partial charge in [-0.25, -0.2) is 0 Å². The number of hydrogen-bond donors (Lipinski definition) is 2. The molecule has 0 saturated heterocycles. The van der Waals surface area contributed by atoms with Gasteiger partial charge in [-0.05, 0) is 19.3 Å². The molecule has 1 unspecified atom stereocenters. The number of rotatable bonds is 13. The Morgan fingerprint density at radius 1 is 0.941 bits per heavy atom. The van der Waals surface area contributed by atoms with Crippen molar-refractivity contribution >= 4 is 0 Å². The second-order valence-corrected chi connectivity index (χ2v) is 4.91. The van der Waals surface area contributed by atoms with Crippen LogP contribution in [0.15, 0.2) is 0 Å². The lowest BCUT2D eigenvalue weighted by molar-refractivity contribution is 0.188. The van der Waals surface area contributed by atoms with Gasteiger partial charge in [-0.3, -0.25) is 11.3 Å². The zero-order valence-corrected chi connectivity index (χ0v) is 11.8. The van der Waals surface area contributed by atoms with Crippen LogP contribution in [0.5, 0.6) is 0 Å². The Labute approximate surface area is 107 Å². The lowest BCUT2D eigenvalue weighted by Crippen LogP contribution is -2.35. The maximum absolute atomic E-state index is 5.54. The SMILES string of the molecule is CCCCCCCCCC(CCCOC)NN. The number of methoxy groups -OCH3 is 1. The Kier molecular flexibility index (Phi) is 13.8. The second-order valence-electron chi connectivity index (χ2n) is 4.91. The minimum absolute atomic E-state index is 0.473. The fraction of sp³-hybridized carbons (Fsp3) is 1.00. The van der Waals surface area contributed by atoms with Crippen molar-refractivity contribution in [2.24, 2.45) is 5.84 Å². The number of unbranched alkanes of at least 4 members (excludes halogenated alkanes) is 6. The van der Waals surface area contributed by atoms with Gasteiger partial charge >= 0.3 is 0 Å². The van der Waals surface area contributed by atoms with Gasteiger partial charge in [-0.2, -0.15) is 0 Å². The first kappa shape index (κ1) is 16.9. The highest BCUT2D eigenvalue weighted by Gasteiger charge is 2.05. The van der Waals surface area contributed by atoms with Crippen LogP contribution < -0.4 is 11.3 Å². The summed E-state index contributed by atoms with van der Waals surface area (Å²) >= 11 is 0. The van der Waals surface area contributed by atoms with Crippen molar-refractivity contribution in [1.82, 2.24) is 5.43 Å². The minimum Gasteiger partial charge on any atom is -0.385 e. The first-order valence-corrected chi connectivity index (χ1v) is 7.30. The first-order chi connectivity index (χ1) is 8.35. The molecule has 0 aromatic carbocycles. The standard InChI is InChI=1S/C14H32N2O/c1-3-4-5-6-7-8-9-11-14(16-15)12-10-13-17-2/h14,16H,3-13,15H2,1-2H3. The number of hydrogen-bond acceptors (Lipinski definition) is 3. The Hall–Kier alpha value is -0.120. The van der Waals surface area contributed by atoms with E-state index in [9.17, 15) is 0 Å². The summed E-state index contributed by atoms with van der Waals surface area (Å²) in [5, 5.41) is 0. The van der Waals surface area contributed by atoms with Crippen molar-refractivity contribution in [3.8, 4) is 0 Å². The zero-order valence-electron chi connectivity index (χ0n) is 11.8. The molecule has 0 aromatic heterocycles.